The van der Waals surface area contributed by atoms with Crippen LogP contribution in [0.5, 0.6) is 0 Å². The van der Waals surface area contributed by atoms with Crippen molar-refractivity contribution in [1.82, 2.24) is 4.90 Å². The van der Waals surface area contributed by atoms with E-state index in [9.17, 15) is 19.2 Å². The van der Waals surface area contributed by atoms with E-state index in [4.69, 9.17) is 16.0 Å². The second kappa shape index (κ2) is 10.5. The zero-order valence-electron chi connectivity index (χ0n) is 21.3. The number of nitrogens with zero attached hydrogens (tertiary/aromatic N) is 2. The van der Waals surface area contributed by atoms with Gasteiger partial charge in [-0.25, -0.2) is 4.90 Å². The Bertz CT molecular complexity index is 1580. The van der Waals surface area contributed by atoms with Crippen molar-refractivity contribution >= 4 is 46.6 Å². The molecule has 0 atom stereocenters. The van der Waals surface area contributed by atoms with Gasteiger partial charge in [0.15, 0.2) is 11.0 Å². The molecule has 6 rings (SSSR count). The van der Waals surface area contributed by atoms with Crippen LogP contribution in [0, 0.1) is 0 Å². The van der Waals surface area contributed by atoms with Gasteiger partial charge in [0.2, 0.25) is 0 Å². The molecular weight excluding hydrogens is 530 g/mol. The van der Waals surface area contributed by atoms with Gasteiger partial charge < -0.3 is 14.6 Å². The first-order valence-corrected chi connectivity index (χ1v) is 13.3. The van der Waals surface area contributed by atoms with Crippen molar-refractivity contribution in [2.24, 2.45) is 0 Å². The van der Waals surface area contributed by atoms with Crippen LogP contribution >= 0.6 is 11.6 Å². The van der Waals surface area contributed by atoms with Crippen LogP contribution in [0.3, 0.4) is 0 Å². The number of carbonyl (C=O) groups is 4. The number of halogens is 1. The van der Waals surface area contributed by atoms with Gasteiger partial charge in [-0.05, 0) is 96.6 Å². The molecule has 1 fully saturated rings. The number of nitrogens with one attached hydrogen (secondary N) is 1. The smallest absolute Gasteiger partial charge is 0.289 e. The van der Waals surface area contributed by atoms with Gasteiger partial charge in [0.1, 0.15) is 0 Å². The van der Waals surface area contributed by atoms with Gasteiger partial charge in [-0.1, -0.05) is 24.3 Å². The highest BCUT2D eigenvalue weighted by Gasteiger charge is 2.36. The summed E-state index contributed by atoms with van der Waals surface area (Å²) in [5.74, 6) is -0.646. The molecule has 0 bridgehead atoms. The minimum atomic E-state index is -0.377. The topological polar surface area (TPSA) is 99.9 Å². The molecule has 0 saturated carbocycles. The van der Waals surface area contributed by atoms with E-state index in [-0.39, 0.29) is 34.6 Å². The largest absolute Gasteiger partial charge is 0.440 e. The maximum atomic E-state index is 12.8. The van der Waals surface area contributed by atoms with Crippen LogP contribution in [0.25, 0.3) is 0 Å². The van der Waals surface area contributed by atoms with Crippen LogP contribution in [0.1, 0.15) is 66.0 Å². The maximum Gasteiger partial charge on any atom is 0.289 e. The lowest BCUT2D eigenvalue weighted by Gasteiger charge is -2.31. The number of hydrogen-bond donors (Lipinski definition) is 1. The summed E-state index contributed by atoms with van der Waals surface area (Å²) in [6, 6.07) is 23.9. The predicted molar refractivity (Wildman–Crippen MR) is 150 cm³/mol. The summed E-state index contributed by atoms with van der Waals surface area (Å²) < 4.78 is 5.25. The quantitative estimate of drug-likeness (QED) is 0.305. The van der Waals surface area contributed by atoms with Crippen molar-refractivity contribution in [3.63, 3.8) is 0 Å². The lowest BCUT2D eigenvalue weighted by Crippen LogP contribution is -2.37. The highest BCUT2D eigenvalue weighted by Crippen LogP contribution is 2.31. The Kier molecular flexibility index (Phi) is 6.69. The number of anilines is 2. The molecule has 0 aliphatic carbocycles. The number of likely N-dealkylation sites (tertiary alicyclic amines) is 1. The Balaban J connectivity index is 1.05. The number of imide groups is 1. The summed E-state index contributed by atoms with van der Waals surface area (Å²) in [4.78, 5) is 53.8. The van der Waals surface area contributed by atoms with Crippen molar-refractivity contribution in [3.05, 3.63) is 118 Å². The number of amides is 4. The summed E-state index contributed by atoms with van der Waals surface area (Å²) >= 11 is 5.79. The second-order valence-corrected chi connectivity index (χ2v) is 10.2. The molecule has 2 aliphatic rings. The molecule has 0 radical (unpaired) electrons. The van der Waals surface area contributed by atoms with Gasteiger partial charge in [0.25, 0.3) is 23.6 Å². The standard InChI is InChI=1S/C31H24ClN3O5/c32-27-14-13-26(40-27)31(39)34-17-15-20(16-18-34)19-5-9-22(10-6-19)33-28(36)21-7-11-23(12-8-21)35-29(37)24-3-1-2-4-25(24)30(35)38/h1-14,20H,15-18H2,(H,33,36). The molecule has 0 spiro atoms. The van der Waals surface area contributed by atoms with Gasteiger partial charge in [-0.3, -0.25) is 19.2 Å². The van der Waals surface area contributed by atoms with Crippen LogP contribution in [0.4, 0.5) is 11.4 Å². The summed E-state index contributed by atoms with van der Waals surface area (Å²) in [6.07, 6.45) is 1.65. The van der Waals surface area contributed by atoms with Crippen LogP contribution in [0.15, 0.2) is 89.3 Å². The number of furan rings is 1. The summed E-state index contributed by atoms with van der Waals surface area (Å²) in [7, 11) is 0. The molecule has 3 heterocycles. The highest BCUT2D eigenvalue weighted by molar-refractivity contribution is 6.34. The molecule has 2 aliphatic heterocycles. The zero-order chi connectivity index (χ0) is 27.8. The first-order chi connectivity index (χ1) is 19.4. The molecule has 8 nitrogen and oxygen atoms in total. The predicted octanol–water partition coefficient (Wildman–Crippen LogP) is 6.01. The maximum absolute atomic E-state index is 12.8. The SMILES string of the molecule is O=C(Nc1ccc(C2CCN(C(=O)c3ccc(Cl)o3)CC2)cc1)c1ccc(N2C(=O)c3ccccc3C2=O)cc1. The van der Waals surface area contributed by atoms with E-state index in [0.29, 0.717) is 47.1 Å². The van der Waals surface area contributed by atoms with Crippen LogP contribution in [0.2, 0.25) is 5.22 Å². The Morgan fingerprint density at radius 1 is 0.800 bits per heavy atom. The summed E-state index contributed by atoms with van der Waals surface area (Å²) in [6.45, 7) is 1.24. The molecule has 1 aromatic heterocycles. The third kappa shape index (κ3) is 4.78. The lowest BCUT2D eigenvalue weighted by molar-refractivity contribution is 0.0680. The van der Waals surface area contributed by atoms with E-state index in [0.717, 1.165) is 23.3 Å². The fourth-order valence-electron chi connectivity index (χ4n) is 5.23. The van der Waals surface area contributed by atoms with E-state index >= 15 is 0 Å². The second-order valence-electron chi connectivity index (χ2n) is 9.78. The average Bonchev–Trinajstić information content (AvgIpc) is 3.53. The number of piperidine rings is 1. The zero-order valence-corrected chi connectivity index (χ0v) is 22.1. The van der Waals surface area contributed by atoms with E-state index in [2.05, 4.69) is 5.32 Å². The molecule has 3 aromatic carbocycles. The number of benzene rings is 3. The van der Waals surface area contributed by atoms with E-state index in [1.165, 1.54) is 0 Å². The Morgan fingerprint density at radius 3 is 2.00 bits per heavy atom. The third-order valence-corrected chi connectivity index (χ3v) is 7.59. The van der Waals surface area contributed by atoms with Gasteiger partial charge in [-0.2, -0.15) is 0 Å². The van der Waals surface area contributed by atoms with Crippen molar-refractivity contribution in [1.29, 1.82) is 0 Å². The summed E-state index contributed by atoms with van der Waals surface area (Å²) in [5, 5.41) is 3.09. The Hall–Kier alpha value is -4.69. The Labute approximate surface area is 235 Å². The van der Waals surface area contributed by atoms with Crippen LogP contribution in [-0.4, -0.2) is 41.6 Å². The van der Waals surface area contributed by atoms with E-state index in [1.54, 1.807) is 65.6 Å². The van der Waals surface area contributed by atoms with Crippen molar-refractivity contribution in [3.8, 4) is 0 Å². The molecule has 1 N–H and O–H groups in total. The fraction of sp³-hybridized carbons (Fsp3) is 0.161. The van der Waals surface area contributed by atoms with Gasteiger partial charge in [-0.15, -0.1) is 0 Å². The number of fused-ring (bicyclic) bond motifs is 1. The third-order valence-electron chi connectivity index (χ3n) is 7.39. The molecule has 40 heavy (non-hydrogen) atoms. The normalized spacial score (nSPS) is 15.3. The van der Waals surface area contributed by atoms with Crippen molar-refractivity contribution in [2.45, 2.75) is 18.8 Å². The summed E-state index contributed by atoms with van der Waals surface area (Å²) in [5.41, 5.74) is 3.36. The molecule has 0 unspecified atom stereocenters. The van der Waals surface area contributed by atoms with E-state index in [1.807, 2.05) is 24.3 Å². The first kappa shape index (κ1) is 25.6. The molecule has 9 heteroatoms. The molecule has 4 aromatic rings. The van der Waals surface area contributed by atoms with Crippen molar-refractivity contribution < 1.29 is 23.6 Å². The minimum Gasteiger partial charge on any atom is -0.440 e. The molecule has 200 valence electrons. The monoisotopic (exact) mass is 553 g/mol. The van der Waals surface area contributed by atoms with E-state index < -0.39 is 0 Å². The molecule has 4 amide bonds. The first-order valence-electron chi connectivity index (χ1n) is 12.9. The van der Waals surface area contributed by atoms with Crippen LogP contribution < -0.4 is 10.2 Å². The fourth-order valence-corrected chi connectivity index (χ4v) is 5.37. The molecule has 1 saturated heterocycles. The number of hydrogen-bond acceptors (Lipinski definition) is 5. The lowest BCUT2D eigenvalue weighted by atomic mass is 9.89. The van der Waals surface area contributed by atoms with Gasteiger partial charge in [0, 0.05) is 24.3 Å². The number of rotatable bonds is 5. The number of carbonyl (C=O) groups excluding carboxylic acids is 4. The van der Waals surface area contributed by atoms with Crippen molar-refractivity contribution in [2.75, 3.05) is 23.3 Å². The Morgan fingerprint density at radius 2 is 1.43 bits per heavy atom. The van der Waals surface area contributed by atoms with Gasteiger partial charge >= 0.3 is 0 Å². The highest BCUT2D eigenvalue weighted by atomic mass is 35.5. The van der Waals surface area contributed by atoms with Crippen LogP contribution in [-0.2, 0) is 0 Å². The average molecular weight is 554 g/mol. The molecular formula is C31H24ClN3O5. The van der Waals surface area contributed by atoms with Gasteiger partial charge in [0.05, 0.1) is 16.8 Å². The minimum absolute atomic E-state index is 0.153.